The minimum Gasteiger partial charge on any atom is -0.389 e. The van der Waals surface area contributed by atoms with Gasteiger partial charge in [0.1, 0.15) is 4.99 Å². The summed E-state index contributed by atoms with van der Waals surface area (Å²) in [5.74, 6) is 0. The molecule has 0 amide bonds. The predicted octanol–water partition coefficient (Wildman–Crippen LogP) is 4.23. The molecule has 0 spiro atoms. The third-order valence-electron chi connectivity index (χ3n) is 4.39. The van der Waals surface area contributed by atoms with Crippen LogP contribution in [0.5, 0.6) is 0 Å². The van der Waals surface area contributed by atoms with Gasteiger partial charge in [0.25, 0.3) is 0 Å². The Morgan fingerprint density at radius 2 is 2.19 bits per heavy atom. The summed E-state index contributed by atoms with van der Waals surface area (Å²) >= 11 is 8.56. The monoisotopic (exact) mass is 370 g/mol. The van der Waals surface area contributed by atoms with Crippen LogP contribution in [-0.4, -0.2) is 23.2 Å². The Morgan fingerprint density at radius 1 is 1.48 bits per heavy atom. The van der Waals surface area contributed by atoms with Crippen LogP contribution >= 0.6 is 28.1 Å². The third kappa shape index (κ3) is 3.96. The van der Waals surface area contributed by atoms with Crippen molar-refractivity contribution in [2.75, 3.05) is 11.9 Å². The second kappa shape index (κ2) is 7.07. The van der Waals surface area contributed by atoms with Gasteiger partial charge in [-0.1, -0.05) is 26.1 Å². The summed E-state index contributed by atoms with van der Waals surface area (Å²) in [6, 6.07) is 6.49. The molecule has 3 N–H and O–H groups in total. The highest BCUT2D eigenvalue weighted by atomic mass is 79.9. The first-order chi connectivity index (χ1) is 9.99. The lowest BCUT2D eigenvalue weighted by Crippen LogP contribution is -2.43. The Morgan fingerprint density at radius 3 is 2.76 bits per heavy atom. The molecule has 3 nitrogen and oxygen atoms in total. The number of benzene rings is 1. The van der Waals surface area contributed by atoms with E-state index in [0.29, 0.717) is 11.0 Å². The van der Waals surface area contributed by atoms with Gasteiger partial charge in [-0.2, -0.15) is 0 Å². The van der Waals surface area contributed by atoms with E-state index in [9.17, 15) is 0 Å². The van der Waals surface area contributed by atoms with Crippen LogP contribution in [0.2, 0.25) is 0 Å². The lowest BCUT2D eigenvalue weighted by Gasteiger charge is -2.40. The van der Waals surface area contributed by atoms with Gasteiger partial charge in [0.2, 0.25) is 0 Å². The van der Waals surface area contributed by atoms with Crippen molar-refractivity contribution in [2.45, 2.75) is 51.2 Å². The van der Waals surface area contributed by atoms with Crippen molar-refractivity contribution in [3.8, 4) is 0 Å². The number of hydrogen-bond donors (Lipinski definition) is 2. The van der Waals surface area contributed by atoms with Gasteiger partial charge in [0.05, 0.1) is 5.60 Å². The molecule has 5 heteroatoms. The summed E-state index contributed by atoms with van der Waals surface area (Å²) in [6.07, 6.45) is 4.21. The standard InChI is InChI=1S/C16H23BrN2OS/c1-3-16(4-2)10-12(7-8-20-16)19-11-5-6-13(15(18)21)14(17)9-11/h5-6,9,12,19H,3-4,7-8,10H2,1-2H3,(H2,18,21). The number of hydrogen-bond acceptors (Lipinski definition) is 3. The van der Waals surface area contributed by atoms with Gasteiger partial charge >= 0.3 is 0 Å². The van der Waals surface area contributed by atoms with Crippen molar-refractivity contribution in [1.82, 2.24) is 0 Å². The summed E-state index contributed by atoms with van der Waals surface area (Å²) in [5.41, 5.74) is 7.69. The molecule has 0 bridgehead atoms. The van der Waals surface area contributed by atoms with Gasteiger partial charge in [-0.15, -0.1) is 0 Å². The van der Waals surface area contributed by atoms with E-state index in [2.05, 4.69) is 35.1 Å². The smallest absolute Gasteiger partial charge is 0.105 e. The molecule has 1 aliphatic heterocycles. The third-order valence-corrected chi connectivity index (χ3v) is 5.26. The van der Waals surface area contributed by atoms with Crippen LogP contribution in [0.1, 0.15) is 45.1 Å². The summed E-state index contributed by atoms with van der Waals surface area (Å²) in [6.45, 7) is 5.24. The van der Waals surface area contributed by atoms with Crippen LogP contribution in [0.25, 0.3) is 0 Å². The minimum atomic E-state index is 0.0336. The molecule has 1 saturated heterocycles. The zero-order valence-corrected chi connectivity index (χ0v) is 15.0. The van der Waals surface area contributed by atoms with Crippen molar-refractivity contribution in [3.05, 3.63) is 28.2 Å². The largest absolute Gasteiger partial charge is 0.389 e. The van der Waals surface area contributed by atoms with Crippen LogP contribution in [0, 0.1) is 0 Å². The summed E-state index contributed by atoms with van der Waals surface area (Å²) in [7, 11) is 0. The Labute approximate surface area is 140 Å². The molecule has 0 radical (unpaired) electrons. The second-order valence-electron chi connectivity index (χ2n) is 5.63. The summed E-state index contributed by atoms with van der Waals surface area (Å²) < 4.78 is 6.96. The number of nitrogens with one attached hydrogen (secondary N) is 1. The number of halogens is 1. The molecular weight excluding hydrogens is 348 g/mol. The highest BCUT2D eigenvalue weighted by molar-refractivity contribution is 9.10. The maximum absolute atomic E-state index is 6.02. The quantitative estimate of drug-likeness (QED) is 0.761. The molecule has 116 valence electrons. The minimum absolute atomic E-state index is 0.0336. The van der Waals surface area contributed by atoms with Gasteiger partial charge < -0.3 is 15.8 Å². The van der Waals surface area contributed by atoms with E-state index in [0.717, 1.165) is 48.0 Å². The van der Waals surface area contributed by atoms with Gasteiger partial charge in [-0.3, -0.25) is 0 Å². The van der Waals surface area contributed by atoms with E-state index in [1.165, 1.54) is 0 Å². The molecule has 1 unspecified atom stereocenters. The summed E-state index contributed by atoms with van der Waals surface area (Å²) in [5, 5.41) is 3.62. The van der Waals surface area contributed by atoms with Gasteiger partial charge in [0.15, 0.2) is 0 Å². The Bertz CT molecular complexity index is 517. The fourth-order valence-corrected chi connectivity index (χ4v) is 3.84. The van der Waals surface area contributed by atoms with Crippen LogP contribution in [-0.2, 0) is 4.74 Å². The molecule has 0 aliphatic carbocycles. The number of nitrogens with two attached hydrogens (primary N) is 1. The average Bonchev–Trinajstić information content (AvgIpc) is 2.47. The fourth-order valence-electron chi connectivity index (χ4n) is 2.93. The first-order valence-corrected chi connectivity index (χ1v) is 8.69. The Balaban J connectivity index is 2.08. The molecule has 0 aromatic heterocycles. The molecule has 1 aromatic rings. The molecule has 0 saturated carbocycles. The molecule has 2 rings (SSSR count). The van der Waals surface area contributed by atoms with E-state index in [-0.39, 0.29) is 5.60 Å². The van der Waals surface area contributed by atoms with Gasteiger partial charge in [-0.05, 0) is 59.8 Å². The molecule has 1 heterocycles. The maximum Gasteiger partial charge on any atom is 0.105 e. The van der Waals surface area contributed by atoms with Crippen LogP contribution < -0.4 is 11.1 Å². The molecular formula is C16H23BrN2OS. The lowest BCUT2D eigenvalue weighted by atomic mass is 9.86. The van der Waals surface area contributed by atoms with Crippen molar-refractivity contribution in [3.63, 3.8) is 0 Å². The van der Waals surface area contributed by atoms with Gasteiger partial charge in [-0.25, -0.2) is 0 Å². The van der Waals surface area contributed by atoms with Crippen molar-refractivity contribution in [1.29, 1.82) is 0 Å². The molecule has 1 fully saturated rings. The molecule has 1 atom stereocenters. The average molecular weight is 371 g/mol. The van der Waals surface area contributed by atoms with Gasteiger partial charge in [0, 0.05) is 28.4 Å². The van der Waals surface area contributed by atoms with Crippen molar-refractivity contribution in [2.24, 2.45) is 5.73 Å². The Hall–Kier alpha value is -0.650. The number of rotatable bonds is 5. The maximum atomic E-state index is 6.02. The topological polar surface area (TPSA) is 47.3 Å². The summed E-state index contributed by atoms with van der Waals surface area (Å²) in [4.78, 5) is 0.412. The molecule has 1 aliphatic rings. The lowest BCUT2D eigenvalue weighted by molar-refractivity contribution is -0.0864. The van der Waals surface area contributed by atoms with Crippen LogP contribution in [0.3, 0.4) is 0 Å². The number of thiocarbonyl (C=S) groups is 1. The predicted molar refractivity (Wildman–Crippen MR) is 95.9 cm³/mol. The zero-order chi connectivity index (χ0) is 15.5. The first kappa shape index (κ1) is 16.7. The van der Waals surface area contributed by atoms with Crippen LogP contribution in [0.4, 0.5) is 5.69 Å². The normalized spacial score (nSPS) is 21.0. The number of anilines is 1. The van der Waals surface area contributed by atoms with E-state index >= 15 is 0 Å². The molecule has 1 aromatic carbocycles. The highest BCUT2D eigenvalue weighted by Gasteiger charge is 2.34. The Kier molecular flexibility index (Phi) is 5.63. The SMILES string of the molecule is CCC1(CC)CC(Nc2ccc(C(N)=S)c(Br)c2)CCO1. The van der Waals surface area contributed by atoms with Crippen LogP contribution in [0.15, 0.2) is 22.7 Å². The van der Waals surface area contributed by atoms with E-state index in [1.807, 2.05) is 18.2 Å². The second-order valence-corrected chi connectivity index (χ2v) is 6.93. The van der Waals surface area contributed by atoms with Crippen molar-refractivity contribution < 1.29 is 4.74 Å². The van der Waals surface area contributed by atoms with Crippen molar-refractivity contribution >= 4 is 38.8 Å². The molecule has 21 heavy (non-hydrogen) atoms. The van der Waals surface area contributed by atoms with E-state index in [1.54, 1.807) is 0 Å². The van der Waals surface area contributed by atoms with E-state index in [4.69, 9.17) is 22.7 Å². The highest BCUT2D eigenvalue weighted by Crippen LogP contribution is 2.33. The zero-order valence-electron chi connectivity index (χ0n) is 12.6. The number of ether oxygens (including phenoxy) is 1. The fraction of sp³-hybridized carbons (Fsp3) is 0.562. The first-order valence-electron chi connectivity index (χ1n) is 7.49. The van der Waals surface area contributed by atoms with E-state index < -0.39 is 0 Å².